The van der Waals surface area contributed by atoms with Crippen molar-refractivity contribution in [3.05, 3.63) is 188 Å². The molecule has 0 amide bonds. The molecule has 0 aliphatic rings. The first-order valence-corrected chi connectivity index (χ1v) is 18.0. The molecule has 0 N–H and O–H groups in total. The quantitative estimate of drug-likeness (QED) is 0.170. The van der Waals surface area contributed by atoms with E-state index in [9.17, 15) is 0 Å². The Morgan fingerprint density at radius 3 is 1.75 bits per heavy atom. The highest BCUT2D eigenvalue weighted by molar-refractivity contribution is 6.12. The molecule has 0 aliphatic heterocycles. The molecule has 0 saturated carbocycles. The van der Waals surface area contributed by atoms with Gasteiger partial charge in [0, 0.05) is 32.9 Å². The maximum atomic E-state index is 6.72. The lowest BCUT2D eigenvalue weighted by Crippen LogP contribution is -2.10. The van der Waals surface area contributed by atoms with Crippen molar-refractivity contribution >= 4 is 82.5 Å². The van der Waals surface area contributed by atoms with Crippen molar-refractivity contribution in [3.63, 3.8) is 0 Å². The zero-order valence-corrected chi connectivity index (χ0v) is 28.7. The standard InChI is InChI=1S/C50H31NO2/c1-2-11-32(12-3-1)36-27-37(35-24-26-43-41-15-6-8-19-47(41)52-49(43)30-35)29-39(28-36)51(46-18-10-17-44-42-16-7-9-20-48(42)53-50(44)46)38-25-23-34-22-21-33-13-4-5-14-40(33)45(34)31-38/h1-31H. The molecule has 11 aromatic rings. The van der Waals surface area contributed by atoms with E-state index in [1.165, 1.54) is 21.5 Å². The molecule has 53 heavy (non-hydrogen) atoms. The van der Waals surface area contributed by atoms with Crippen LogP contribution in [0.3, 0.4) is 0 Å². The predicted octanol–water partition coefficient (Wildman–Crippen LogP) is 14.6. The molecular formula is C50H31NO2. The third-order valence-corrected chi connectivity index (χ3v) is 10.6. The minimum atomic E-state index is 0.849. The molecule has 3 nitrogen and oxygen atoms in total. The molecule has 2 heterocycles. The van der Waals surface area contributed by atoms with Gasteiger partial charge in [0.1, 0.15) is 16.7 Å². The van der Waals surface area contributed by atoms with Gasteiger partial charge in [0.15, 0.2) is 5.58 Å². The average molecular weight is 678 g/mol. The van der Waals surface area contributed by atoms with Gasteiger partial charge in [-0.15, -0.1) is 0 Å². The monoisotopic (exact) mass is 677 g/mol. The van der Waals surface area contributed by atoms with Crippen molar-refractivity contribution in [1.82, 2.24) is 0 Å². The summed E-state index contributed by atoms with van der Waals surface area (Å²) in [6.07, 6.45) is 0. The van der Waals surface area contributed by atoms with Crippen molar-refractivity contribution < 1.29 is 8.83 Å². The molecule has 0 bridgehead atoms. The van der Waals surface area contributed by atoms with Gasteiger partial charge in [-0.2, -0.15) is 0 Å². The zero-order chi connectivity index (χ0) is 34.9. The minimum Gasteiger partial charge on any atom is -0.456 e. The van der Waals surface area contributed by atoms with Crippen molar-refractivity contribution in [2.24, 2.45) is 0 Å². The van der Waals surface area contributed by atoms with Crippen LogP contribution in [0.25, 0.3) is 87.7 Å². The summed E-state index contributed by atoms with van der Waals surface area (Å²) in [6, 6.07) is 66.9. The van der Waals surface area contributed by atoms with E-state index in [4.69, 9.17) is 8.83 Å². The van der Waals surface area contributed by atoms with E-state index >= 15 is 0 Å². The first kappa shape index (κ1) is 29.6. The molecule has 9 aromatic carbocycles. The van der Waals surface area contributed by atoms with E-state index in [0.29, 0.717) is 0 Å². The Hall–Kier alpha value is -7.10. The summed E-state index contributed by atoms with van der Waals surface area (Å²) >= 11 is 0. The van der Waals surface area contributed by atoms with Crippen molar-refractivity contribution in [2.45, 2.75) is 0 Å². The third-order valence-electron chi connectivity index (χ3n) is 10.6. The van der Waals surface area contributed by atoms with Crippen LogP contribution in [0.5, 0.6) is 0 Å². The molecule has 0 unspecified atom stereocenters. The SMILES string of the molecule is c1ccc(-c2cc(-c3ccc4c(c3)oc3ccccc34)cc(N(c3ccc4ccc5ccccc5c4c3)c3cccc4c3oc3ccccc34)c2)cc1. The van der Waals surface area contributed by atoms with Crippen LogP contribution in [0.1, 0.15) is 0 Å². The number of anilines is 3. The molecule has 3 heteroatoms. The van der Waals surface area contributed by atoms with Crippen molar-refractivity contribution in [1.29, 1.82) is 0 Å². The highest BCUT2D eigenvalue weighted by Gasteiger charge is 2.22. The van der Waals surface area contributed by atoms with Crippen LogP contribution >= 0.6 is 0 Å². The van der Waals surface area contributed by atoms with E-state index in [1.807, 2.05) is 24.3 Å². The van der Waals surface area contributed by atoms with Gasteiger partial charge in [0.2, 0.25) is 0 Å². The third kappa shape index (κ3) is 4.82. The summed E-state index contributed by atoms with van der Waals surface area (Å²) in [5.74, 6) is 0. The summed E-state index contributed by atoms with van der Waals surface area (Å²) in [7, 11) is 0. The molecule has 2 aromatic heterocycles. The molecule has 0 spiro atoms. The van der Waals surface area contributed by atoms with Gasteiger partial charge in [-0.3, -0.25) is 0 Å². The summed E-state index contributed by atoms with van der Waals surface area (Å²) in [4.78, 5) is 2.36. The van der Waals surface area contributed by atoms with Crippen LogP contribution < -0.4 is 4.90 Å². The number of furan rings is 2. The van der Waals surface area contributed by atoms with Gasteiger partial charge in [-0.05, 0) is 104 Å². The topological polar surface area (TPSA) is 29.5 Å². The van der Waals surface area contributed by atoms with E-state index in [2.05, 4.69) is 169 Å². The number of benzene rings is 9. The molecular weight excluding hydrogens is 647 g/mol. The van der Waals surface area contributed by atoms with Crippen molar-refractivity contribution in [2.75, 3.05) is 4.90 Å². The van der Waals surface area contributed by atoms with Gasteiger partial charge >= 0.3 is 0 Å². The smallest absolute Gasteiger partial charge is 0.159 e. The number of nitrogens with zero attached hydrogens (tertiary/aromatic N) is 1. The van der Waals surface area contributed by atoms with Gasteiger partial charge in [-0.25, -0.2) is 0 Å². The molecule has 11 rings (SSSR count). The van der Waals surface area contributed by atoms with Crippen LogP contribution in [-0.4, -0.2) is 0 Å². The van der Waals surface area contributed by atoms with Gasteiger partial charge < -0.3 is 13.7 Å². The summed E-state index contributed by atoms with van der Waals surface area (Å²) in [6.45, 7) is 0. The van der Waals surface area contributed by atoms with E-state index in [0.717, 1.165) is 83.2 Å². The first-order chi connectivity index (χ1) is 26.2. The van der Waals surface area contributed by atoms with Gasteiger partial charge in [0.25, 0.3) is 0 Å². The Labute approximate surface area is 305 Å². The van der Waals surface area contributed by atoms with E-state index in [-0.39, 0.29) is 0 Å². The lowest BCUT2D eigenvalue weighted by molar-refractivity contribution is 0.669. The fourth-order valence-electron chi connectivity index (χ4n) is 8.07. The molecule has 0 radical (unpaired) electrons. The fraction of sp³-hybridized carbons (Fsp3) is 0. The van der Waals surface area contributed by atoms with Crippen molar-refractivity contribution in [3.8, 4) is 22.3 Å². The number of hydrogen-bond donors (Lipinski definition) is 0. The maximum absolute atomic E-state index is 6.72. The van der Waals surface area contributed by atoms with Gasteiger partial charge in [-0.1, -0.05) is 127 Å². The maximum Gasteiger partial charge on any atom is 0.159 e. The van der Waals surface area contributed by atoms with Crippen LogP contribution in [-0.2, 0) is 0 Å². The number of hydrogen-bond acceptors (Lipinski definition) is 3. The lowest BCUT2D eigenvalue weighted by atomic mass is 9.96. The van der Waals surface area contributed by atoms with Crippen LogP contribution in [0, 0.1) is 0 Å². The Morgan fingerprint density at radius 2 is 0.925 bits per heavy atom. The average Bonchev–Trinajstić information content (AvgIpc) is 3.80. The molecule has 0 atom stereocenters. The van der Waals surface area contributed by atoms with E-state index in [1.54, 1.807) is 0 Å². The Kier molecular flexibility index (Phi) is 6.55. The second-order valence-electron chi connectivity index (χ2n) is 13.7. The Balaban J connectivity index is 1.20. The molecule has 0 fully saturated rings. The highest BCUT2D eigenvalue weighted by Crippen LogP contribution is 2.45. The normalized spacial score (nSPS) is 11.8. The van der Waals surface area contributed by atoms with Crippen LogP contribution in [0.15, 0.2) is 197 Å². The summed E-state index contributed by atoms with van der Waals surface area (Å²) < 4.78 is 13.1. The van der Waals surface area contributed by atoms with E-state index < -0.39 is 0 Å². The van der Waals surface area contributed by atoms with Crippen LogP contribution in [0.2, 0.25) is 0 Å². The second kappa shape index (κ2) is 11.7. The lowest BCUT2D eigenvalue weighted by Gasteiger charge is -2.27. The predicted molar refractivity (Wildman–Crippen MR) is 222 cm³/mol. The second-order valence-corrected chi connectivity index (χ2v) is 13.7. The largest absolute Gasteiger partial charge is 0.456 e. The first-order valence-electron chi connectivity index (χ1n) is 18.0. The Bertz CT molecular complexity index is 3190. The summed E-state index contributed by atoms with van der Waals surface area (Å²) in [5, 5.41) is 9.29. The zero-order valence-electron chi connectivity index (χ0n) is 28.7. The molecule has 0 aliphatic carbocycles. The molecule has 0 saturated heterocycles. The minimum absolute atomic E-state index is 0.849. The summed E-state index contributed by atoms with van der Waals surface area (Å²) in [5.41, 5.74) is 11.0. The van der Waals surface area contributed by atoms with Gasteiger partial charge in [0.05, 0.1) is 5.69 Å². The highest BCUT2D eigenvalue weighted by atomic mass is 16.3. The number of rotatable bonds is 5. The fourth-order valence-corrected chi connectivity index (χ4v) is 8.07. The number of fused-ring (bicyclic) bond motifs is 9. The number of para-hydroxylation sites is 3. The Morgan fingerprint density at radius 1 is 0.302 bits per heavy atom. The molecule has 248 valence electrons. The van der Waals surface area contributed by atoms with Crippen LogP contribution in [0.4, 0.5) is 17.1 Å².